The molecule has 4 rings (SSSR count). The van der Waals surface area contributed by atoms with Crippen molar-refractivity contribution in [1.82, 2.24) is 0 Å². The zero-order valence-corrected chi connectivity index (χ0v) is 15.6. The van der Waals surface area contributed by atoms with Crippen LogP contribution < -0.4 is 14.4 Å². The molecule has 0 unspecified atom stereocenters. The average Bonchev–Trinajstić information content (AvgIpc) is 2.98. The molecule has 1 heterocycles. The summed E-state index contributed by atoms with van der Waals surface area (Å²) in [5.41, 5.74) is -0.996. The number of esters is 1. The third-order valence-electron chi connectivity index (χ3n) is 4.81. The summed E-state index contributed by atoms with van der Waals surface area (Å²) < 4.78 is 10.8. The number of rotatable bonds is 3. The maximum Gasteiger partial charge on any atom is 0.426 e. The molecule has 144 valence electrons. The second-order valence-electron chi connectivity index (χ2n) is 6.67. The number of para-hydroxylation sites is 3. The van der Waals surface area contributed by atoms with E-state index in [0.29, 0.717) is 22.7 Å². The van der Waals surface area contributed by atoms with Crippen LogP contribution in [-0.2, 0) is 15.0 Å². The van der Waals surface area contributed by atoms with Crippen LogP contribution in [-0.4, -0.2) is 18.0 Å². The molecule has 1 aliphatic heterocycles. The van der Waals surface area contributed by atoms with Gasteiger partial charge in [-0.2, -0.15) is 0 Å². The molecular weight excluding hydrogens is 370 g/mol. The first-order valence-corrected chi connectivity index (χ1v) is 9.00. The summed E-state index contributed by atoms with van der Waals surface area (Å²) in [4.78, 5) is 40.0. The molecule has 0 bridgehead atoms. The zero-order valence-electron chi connectivity index (χ0n) is 15.6. The molecule has 0 aliphatic carbocycles. The third-order valence-corrected chi connectivity index (χ3v) is 4.81. The molecule has 0 saturated heterocycles. The van der Waals surface area contributed by atoms with Gasteiger partial charge in [0.2, 0.25) is 0 Å². The molecule has 1 atom stereocenters. The number of nitrogens with zero attached hydrogens (tertiary/aromatic N) is 1. The SMILES string of the molecule is C[C@]1(C(=O)Oc2ccccc2)C(=O)N(C(=O)Oc2ccccc2)c2ccccc21. The van der Waals surface area contributed by atoms with Gasteiger partial charge >= 0.3 is 12.1 Å². The van der Waals surface area contributed by atoms with E-state index in [1.807, 2.05) is 0 Å². The number of hydrogen-bond donors (Lipinski definition) is 0. The minimum absolute atomic E-state index is 0.295. The van der Waals surface area contributed by atoms with Crippen LogP contribution in [0.2, 0.25) is 0 Å². The van der Waals surface area contributed by atoms with Gasteiger partial charge in [-0.25, -0.2) is 9.69 Å². The highest BCUT2D eigenvalue weighted by Gasteiger charge is 2.56. The molecule has 2 amide bonds. The van der Waals surface area contributed by atoms with Crippen LogP contribution >= 0.6 is 0 Å². The quantitative estimate of drug-likeness (QED) is 0.384. The number of imide groups is 1. The molecule has 1 aliphatic rings. The Bertz CT molecular complexity index is 1080. The Morgan fingerprint density at radius 1 is 0.759 bits per heavy atom. The Kier molecular flexibility index (Phi) is 4.60. The molecule has 0 radical (unpaired) electrons. The summed E-state index contributed by atoms with van der Waals surface area (Å²) in [5, 5.41) is 0. The number of hydrogen-bond acceptors (Lipinski definition) is 5. The fourth-order valence-electron chi connectivity index (χ4n) is 3.25. The van der Waals surface area contributed by atoms with Gasteiger partial charge in [0.1, 0.15) is 11.5 Å². The van der Waals surface area contributed by atoms with E-state index >= 15 is 0 Å². The lowest BCUT2D eigenvalue weighted by atomic mass is 9.84. The molecule has 6 nitrogen and oxygen atoms in total. The lowest BCUT2D eigenvalue weighted by Crippen LogP contribution is -2.48. The monoisotopic (exact) mass is 387 g/mol. The number of carbonyl (C=O) groups is 3. The van der Waals surface area contributed by atoms with Crippen LogP contribution in [0.1, 0.15) is 12.5 Å². The molecule has 29 heavy (non-hydrogen) atoms. The summed E-state index contributed by atoms with van der Waals surface area (Å²) in [6.07, 6.45) is -0.884. The van der Waals surface area contributed by atoms with Gasteiger partial charge in [0, 0.05) is 5.56 Å². The van der Waals surface area contributed by atoms with E-state index in [-0.39, 0.29) is 0 Å². The fraction of sp³-hybridized carbons (Fsp3) is 0.0870. The first kappa shape index (κ1) is 18.4. The molecule has 3 aromatic rings. The Labute approximate surface area is 167 Å². The minimum Gasteiger partial charge on any atom is -0.425 e. The molecule has 0 N–H and O–H groups in total. The van der Waals surface area contributed by atoms with Crippen LogP contribution in [0.15, 0.2) is 84.9 Å². The molecule has 0 saturated carbocycles. The van der Waals surface area contributed by atoms with Crippen molar-refractivity contribution in [2.45, 2.75) is 12.3 Å². The standard InChI is InChI=1S/C23H17NO5/c1-23(21(26)28-16-10-4-2-5-11-16)18-14-8-9-15-19(18)24(20(23)25)22(27)29-17-12-6-3-7-13-17/h2-15H,1H3/t23-/m1/s1. The van der Waals surface area contributed by atoms with Gasteiger partial charge in [-0.1, -0.05) is 54.6 Å². The number of fused-ring (bicyclic) bond motifs is 1. The highest BCUT2D eigenvalue weighted by molar-refractivity contribution is 6.28. The third kappa shape index (κ3) is 3.14. The van der Waals surface area contributed by atoms with Gasteiger partial charge in [-0.05, 0) is 37.3 Å². The predicted molar refractivity (Wildman–Crippen MR) is 106 cm³/mol. The number of anilines is 1. The van der Waals surface area contributed by atoms with Crippen LogP contribution in [0.3, 0.4) is 0 Å². The van der Waals surface area contributed by atoms with Crippen molar-refractivity contribution in [3.05, 3.63) is 90.5 Å². The molecule has 3 aromatic carbocycles. The molecule has 6 heteroatoms. The maximum atomic E-state index is 13.3. The Hall–Kier alpha value is -3.93. The Balaban J connectivity index is 1.69. The van der Waals surface area contributed by atoms with Crippen LogP contribution in [0, 0.1) is 0 Å². The summed E-state index contributed by atoms with van der Waals surface area (Å²) >= 11 is 0. The molecule has 0 aromatic heterocycles. The predicted octanol–water partition coefficient (Wildman–Crippen LogP) is 4.10. The molecule has 0 spiro atoms. The maximum absolute atomic E-state index is 13.3. The van der Waals surface area contributed by atoms with E-state index in [1.54, 1.807) is 84.9 Å². The second kappa shape index (κ2) is 7.24. The first-order chi connectivity index (χ1) is 14.0. The number of benzene rings is 3. The lowest BCUT2D eigenvalue weighted by molar-refractivity contribution is -0.144. The van der Waals surface area contributed by atoms with Crippen molar-refractivity contribution in [3.8, 4) is 11.5 Å². The highest BCUT2D eigenvalue weighted by atomic mass is 16.6. The van der Waals surface area contributed by atoms with Crippen molar-refractivity contribution in [2.75, 3.05) is 4.90 Å². The normalized spacial score (nSPS) is 17.6. The van der Waals surface area contributed by atoms with Crippen molar-refractivity contribution >= 4 is 23.7 Å². The van der Waals surface area contributed by atoms with Crippen LogP contribution in [0.5, 0.6) is 11.5 Å². The lowest BCUT2D eigenvalue weighted by Gasteiger charge is -2.21. The highest BCUT2D eigenvalue weighted by Crippen LogP contribution is 2.43. The number of ether oxygens (including phenoxy) is 2. The number of amides is 2. The first-order valence-electron chi connectivity index (χ1n) is 9.00. The van der Waals surface area contributed by atoms with Crippen LogP contribution in [0.4, 0.5) is 10.5 Å². The number of carbonyl (C=O) groups excluding carboxylic acids is 3. The smallest absolute Gasteiger partial charge is 0.425 e. The van der Waals surface area contributed by atoms with Crippen molar-refractivity contribution < 1.29 is 23.9 Å². The average molecular weight is 387 g/mol. The Morgan fingerprint density at radius 2 is 1.28 bits per heavy atom. The van der Waals surface area contributed by atoms with Gasteiger partial charge in [0.25, 0.3) is 5.91 Å². The van der Waals surface area contributed by atoms with E-state index in [4.69, 9.17) is 9.47 Å². The van der Waals surface area contributed by atoms with E-state index in [1.165, 1.54) is 6.92 Å². The topological polar surface area (TPSA) is 72.9 Å². The van der Waals surface area contributed by atoms with Gasteiger partial charge in [0.05, 0.1) is 5.69 Å². The summed E-state index contributed by atoms with van der Waals surface area (Å²) in [7, 11) is 0. The molecule has 0 fully saturated rings. The minimum atomic E-state index is -1.68. The van der Waals surface area contributed by atoms with E-state index in [9.17, 15) is 14.4 Å². The van der Waals surface area contributed by atoms with Crippen molar-refractivity contribution in [1.29, 1.82) is 0 Å². The van der Waals surface area contributed by atoms with Gasteiger partial charge in [0.15, 0.2) is 5.41 Å². The Morgan fingerprint density at radius 3 is 1.90 bits per heavy atom. The van der Waals surface area contributed by atoms with Gasteiger partial charge in [-0.15, -0.1) is 0 Å². The van der Waals surface area contributed by atoms with Gasteiger partial charge < -0.3 is 9.47 Å². The van der Waals surface area contributed by atoms with Gasteiger partial charge in [-0.3, -0.25) is 9.59 Å². The second-order valence-corrected chi connectivity index (χ2v) is 6.67. The van der Waals surface area contributed by atoms with Crippen molar-refractivity contribution in [3.63, 3.8) is 0 Å². The van der Waals surface area contributed by atoms with Crippen molar-refractivity contribution in [2.24, 2.45) is 0 Å². The summed E-state index contributed by atoms with van der Waals surface area (Å²) in [6.45, 7) is 1.45. The van der Waals surface area contributed by atoms with E-state index in [2.05, 4.69) is 0 Å². The molecular formula is C23H17NO5. The fourth-order valence-corrected chi connectivity index (χ4v) is 3.25. The largest absolute Gasteiger partial charge is 0.426 e. The van der Waals surface area contributed by atoms with Crippen LogP contribution in [0.25, 0.3) is 0 Å². The summed E-state index contributed by atoms with van der Waals surface area (Å²) in [5.74, 6) is -0.880. The zero-order chi connectivity index (χ0) is 20.4. The van der Waals surface area contributed by atoms with E-state index in [0.717, 1.165) is 4.90 Å². The van der Waals surface area contributed by atoms with E-state index < -0.39 is 23.4 Å². The summed E-state index contributed by atoms with van der Waals surface area (Å²) in [6, 6.07) is 23.5.